The second-order valence-corrected chi connectivity index (χ2v) is 9.60. The molecule has 0 aromatic carbocycles. The molecule has 0 spiro atoms. The van der Waals surface area contributed by atoms with E-state index < -0.39 is 23.9 Å². The summed E-state index contributed by atoms with van der Waals surface area (Å²) in [5.41, 5.74) is 0. The number of rotatable bonds is 10. The molecule has 0 rings (SSSR count). The number of carbonyl (C=O) groups excluding carboxylic acids is 1. The average molecular weight is 391 g/mol. The van der Waals surface area contributed by atoms with Crippen LogP contribution in [-0.4, -0.2) is 47.3 Å². The summed E-state index contributed by atoms with van der Waals surface area (Å²) in [5.74, 6) is -0.139. The van der Waals surface area contributed by atoms with Crippen molar-refractivity contribution >= 4 is 52.6 Å². The number of thioether (sulfide) groups is 1. The highest BCUT2D eigenvalue weighted by atomic mass is 32.5. The third-order valence-electron chi connectivity index (χ3n) is 1.97. The fourth-order valence-corrected chi connectivity index (χ4v) is 4.85. The van der Waals surface area contributed by atoms with Crippen LogP contribution in [-0.2, 0) is 37.1 Å². The first-order chi connectivity index (χ1) is 10.4. The van der Waals surface area contributed by atoms with Gasteiger partial charge in [0.1, 0.15) is 11.3 Å². The summed E-state index contributed by atoms with van der Waals surface area (Å²) in [6.07, 6.45) is 1.18. The molecule has 0 aliphatic heterocycles. The van der Waals surface area contributed by atoms with Crippen molar-refractivity contribution in [2.45, 2.75) is 20.8 Å². The molecule has 8 nitrogen and oxygen atoms in total. The maximum Gasteiger partial charge on any atom is 0.437 e. The SMILES string of the molecule is CCOP(=S)(CN[S+]([O-])CNC(=O)ON=C(C)SC)OCC. The molecule has 1 amide bonds. The first-order valence-corrected chi connectivity index (χ1v) is 11.8. The van der Waals surface area contributed by atoms with Crippen LogP contribution in [0.5, 0.6) is 0 Å². The lowest BCUT2D eigenvalue weighted by Crippen LogP contribution is -2.37. The van der Waals surface area contributed by atoms with Crippen molar-refractivity contribution in [3.8, 4) is 0 Å². The molecule has 0 saturated carbocycles. The Hall–Kier alpha value is 0.130. The van der Waals surface area contributed by atoms with Crippen LogP contribution in [0.3, 0.4) is 0 Å². The van der Waals surface area contributed by atoms with E-state index in [4.69, 9.17) is 20.9 Å². The molecule has 1 atom stereocenters. The molecule has 0 bridgehead atoms. The van der Waals surface area contributed by atoms with E-state index in [0.717, 1.165) is 0 Å². The summed E-state index contributed by atoms with van der Waals surface area (Å²) in [4.78, 5) is 15.9. The highest BCUT2D eigenvalue weighted by Gasteiger charge is 2.21. The summed E-state index contributed by atoms with van der Waals surface area (Å²) in [6.45, 7) is 3.67. The minimum atomic E-state index is -2.49. The zero-order valence-corrected chi connectivity index (χ0v) is 16.3. The van der Waals surface area contributed by atoms with Crippen LogP contribution < -0.4 is 10.0 Å². The predicted molar refractivity (Wildman–Crippen MR) is 94.8 cm³/mol. The number of hydrogen-bond acceptors (Lipinski definition) is 9. The Bertz CT molecular complexity index is 403. The van der Waals surface area contributed by atoms with Crippen molar-refractivity contribution < 1.29 is 23.2 Å². The molecule has 1 unspecified atom stereocenters. The Morgan fingerprint density at radius 2 is 2.00 bits per heavy atom. The number of nitrogens with one attached hydrogen (secondary N) is 2. The normalized spacial score (nSPS) is 13.8. The molecule has 12 heteroatoms. The summed E-state index contributed by atoms with van der Waals surface area (Å²) in [7, 11) is 0. The molecule has 0 aromatic rings. The Kier molecular flexibility index (Phi) is 12.6. The van der Waals surface area contributed by atoms with E-state index >= 15 is 0 Å². The first-order valence-electron chi connectivity index (χ1n) is 6.40. The van der Waals surface area contributed by atoms with Crippen molar-refractivity contribution in [3.05, 3.63) is 0 Å². The van der Waals surface area contributed by atoms with E-state index in [-0.39, 0.29) is 12.2 Å². The van der Waals surface area contributed by atoms with Crippen LogP contribution in [0, 0.1) is 0 Å². The van der Waals surface area contributed by atoms with Gasteiger partial charge < -0.3 is 13.6 Å². The van der Waals surface area contributed by atoms with Gasteiger partial charge in [-0.05, 0) is 38.8 Å². The fraction of sp³-hybridized carbons (Fsp3) is 0.800. The number of oxime groups is 1. The van der Waals surface area contributed by atoms with Crippen molar-refractivity contribution in [1.82, 2.24) is 10.0 Å². The lowest BCUT2D eigenvalue weighted by atomic mass is 10.9. The zero-order chi connectivity index (χ0) is 17.0. The Morgan fingerprint density at radius 1 is 1.41 bits per heavy atom. The molecule has 130 valence electrons. The number of nitrogens with zero attached hydrogens (tertiary/aromatic N) is 1. The van der Waals surface area contributed by atoms with Crippen LogP contribution in [0.4, 0.5) is 4.79 Å². The van der Waals surface area contributed by atoms with Crippen LogP contribution in [0.25, 0.3) is 0 Å². The van der Waals surface area contributed by atoms with Crippen molar-refractivity contribution in [2.75, 3.05) is 31.6 Å². The molecule has 2 N–H and O–H groups in total. The van der Waals surface area contributed by atoms with Gasteiger partial charge in [0.2, 0.25) is 12.4 Å². The quantitative estimate of drug-likeness (QED) is 0.145. The summed E-state index contributed by atoms with van der Waals surface area (Å²) in [5, 5.41) is 6.47. The molecule has 22 heavy (non-hydrogen) atoms. The topological polar surface area (TPSA) is 104 Å². The molecule has 0 fully saturated rings. The minimum absolute atomic E-state index is 0.139. The number of amides is 1. The molecule has 0 aromatic heterocycles. The van der Waals surface area contributed by atoms with Crippen molar-refractivity contribution in [3.63, 3.8) is 0 Å². The van der Waals surface area contributed by atoms with Crippen LogP contribution in [0.1, 0.15) is 20.8 Å². The maximum atomic E-state index is 11.7. The second-order valence-electron chi connectivity index (χ2n) is 3.61. The summed E-state index contributed by atoms with van der Waals surface area (Å²) < 4.78 is 25.2. The van der Waals surface area contributed by atoms with E-state index in [1.54, 1.807) is 13.2 Å². The van der Waals surface area contributed by atoms with E-state index in [0.29, 0.717) is 18.3 Å². The lowest BCUT2D eigenvalue weighted by Gasteiger charge is -2.21. The number of carbonyl (C=O) groups is 1. The largest absolute Gasteiger partial charge is 0.597 e. The van der Waals surface area contributed by atoms with E-state index in [1.165, 1.54) is 11.8 Å². The monoisotopic (exact) mass is 391 g/mol. The molecule has 0 saturated heterocycles. The maximum absolute atomic E-state index is 11.7. The predicted octanol–water partition coefficient (Wildman–Crippen LogP) is 1.96. The molecular weight excluding hydrogens is 369 g/mol. The van der Waals surface area contributed by atoms with Gasteiger partial charge in [0, 0.05) is 0 Å². The van der Waals surface area contributed by atoms with E-state index in [2.05, 4.69) is 20.0 Å². The van der Waals surface area contributed by atoms with Crippen LogP contribution in [0.15, 0.2) is 5.16 Å². The van der Waals surface area contributed by atoms with Gasteiger partial charge in [-0.1, -0.05) is 5.16 Å². The molecule has 0 aliphatic carbocycles. The molecule has 0 radical (unpaired) electrons. The number of hydrogen-bond donors (Lipinski definition) is 2. The first kappa shape index (κ1) is 22.1. The smallest absolute Gasteiger partial charge is 0.437 e. The molecular formula is C10H22N3O5PS3. The Balaban J connectivity index is 4.10. The van der Waals surface area contributed by atoms with Gasteiger partial charge in [-0.25, -0.2) is 4.79 Å². The van der Waals surface area contributed by atoms with Gasteiger partial charge in [-0.3, -0.25) is 10.2 Å². The molecule has 0 aliphatic rings. The van der Waals surface area contributed by atoms with E-state index in [1.807, 2.05) is 13.8 Å². The average Bonchev–Trinajstić information content (AvgIpc) is 2.49. The van der Waals surface area contributed by atoms with Gasteiger partial charge in [-0.2, -0.15) is 0 Å². The summed E-state index contributed by atoms with van der Waals surface area (Å²) in [6, 6.07) is 0. The van der Waals surface area contributed by atoms with E-state index in [9.17, 15) is 9.35 Å². The van der Waals surface area contributed by atoms with Crippen molar-refractivity contribution in [1.29, 1.82) is 0 Å². The van der Waals surface area contributed by atoms with Crippen molar-refractivity contribution in [2.24, 2.45) is 5.16 Å². The standard InChI is InChI=1S/C10H22N3O5PS3/c1-5-16-19(20,17-6-2)7-12-22(15)8-11-10(14)18-13-9(3)21-4/h12H,5-8H2,1-4H3,(H,11,14). The van der Waals surface area contributed by atoms with Gasteiger partial charge in [0.05, 0.1) is 24.6 Å². The van der Waals surface area contributed by atoms with Gasteiger partial charge >= 0.3 is 6.09 Å². The highest BCUT2D eigenvalue weighted by Crippen LogP contribution is 2.47. The third kappa shape index (κ3) is 10.8. The Labute approximate surface area is 143 Å². The molecule has 0 heterocycles. The fourth-order valence-electron chi connectivity index (χ4n) is 1.02. The van der Waals surface area contributed by atoms with Crippen LogP contribution >= 0.6 is 18.3 Å². The minimum Gasteiger partial charge on any atom is -0.597 e. The Morgan fingerprint density at radius 3 is 2.50 bits per heavy atom. The lowest BCUT2D eigenvalue weighted by molar-refractivity contribution is 0.152. The summed E-state index contributed by atoms with van der Waals surface area (Å²) >= 11 is 5.10. The van der Waals surface area contributed by atoms with Gasteiger partial charge in [0.25, 0.3) is 0 Å². The third-order valence-corrected chi connectivity index (χ3v) is 6.59. The highest BCUT2D eigenvalue weighted by molar-refractivity contribution is 8.13. The second kappa shape index (κ2) is 12.5. The van der Waals surface area contributed by atoms with Crippen LogP contribution in [0.2, 0.25) is 0 Å². The van der Waals surface area contributed by atoms with Gasteiger partial charge in [0.15, 0.2) is 0 Å². The zero-order valence-electron chi connectivity index (χ0n) is 13.0. The van der Waals surface area contributed by atoms with Gasteiger partial charge in [-0.15, -0.1) is 16.5 Å².